The van der Waals surface area contributed by atoms with Gasteiger partial charge in [0.05, 0.1) is 11.5 Å². The van der Waals surface area contributed by atoms with E-state index in [0.717, 1.165) is 0 Å². The van der Waals surface area contributed by atoms with E-state index < -0.39 is 30.0 Å². The van der Waals surface area contributed by atoms with Crippen LogP contribution in [0.5, 0.6) is 0 Å². The zero-order valence-electron chi connectivity index (χ0n) is 8.22. The summed E-state index contributed by atoms with van der Waals surface area (Å²) in [4.78, 5) is 10.8. The molecule has 0 aliphatic carbocycles. The van der Waals surface area contributed by atoms with Gasteiger partial charge in [0.25, 0.3) is 5.92 Å². The van der Waals surface area contributed by atoms with E-state index in [-0.39, 0.29) is 12.8 Å². The number of carboxylic acid groups (broad SMARTS) is 1. The Balaban J connectivity index is 2.62. The highest BCUT2D eigenvalue weighted by Crippen LogP contribution is 2.36. The Kier molecular flexibility index (Phi) is 2.81. The van der Waals surface area contributed by atoms with Gasteiger partial charge in [0.1, 0.15) is 6.61 Å². The standard InChI is InChI=1S/C9H14F2O3/c1-8(2,7(12)13)6-3-4-9(10,11)5-14-6/h6H,3-5H2,1-2H3,(H,12,13). The van der Waals surface area contributed by atoms with E-state index in [1.165, 1.54) is 13.8 Å². The molecule has 1 aliphatic rings. The molecular weight excluding hydrogens is 194 g/mol. The van der Waals surface area contributed by atoms with E-state index in [1.807, 2.05) is 0 Å². The van der Waals surface area contributed by atoms with Gasteiger partial charge in [-0.3, -0.25) is 4.79 Å². The highest BCUT2D eigenvalue weighted by Gasteiger charge is 2.44. The summed E-state index contributed by atoms with van der Waals surface area (Å²) in [5.74, 6) is -3.82. The molecule has 82 valence electrons. The Labute approximate surface area is 81.1 Å². The lowest BCUT2D eigenvalue weighted by Crippen LogP contribution is -2.45. The van der Waals surface area contributed by atoms with Gasteiger partial charge in [-0.1, -0.05) is 0 Å². The van der Waals surface area contributed by atoms with Crippen LogP contribution in [0.25, 0.3) is 0 Å². The van der Waals surface area contributed by atoms with Crippen LogP contribution in [-0.4, -0.2) is 29.7 Å². The molecule has 1 rings (SSSR count). The number of carbonyl (C=O) groups is 1. The summed E-state index contributed by atoms with van der Waals surface area (Å²) in [5, 5.41) is 8.86. The van der Waals surface area contributed by atoms with Crippen LogP contribution in [0.1, 0.15) is 26.7 Å². The molecule has 1 unspecified atom stereocenters. The Hall–Kier alpha value is -0.710. The predicted molar refractivity (Wildman–Crippen MR) is 45.3 cm³/mol. The minimum Gasteiger partial charge on any atom is -0.481 e. The minimum atomic E-state index is -2.80. The predicted octanol–water partition coefficient (Wildman–Crippen LogP) is 1.91. The van der Waals surface area contributed by atoms with Gasteiger partial charge in [-0.15, -0.1) is 0 Å². The van der Waals surface area contributed by atoms with Crippen LogP contribution in [-0.2, 0) is 9.53 Å². The summed E-state index contributed by atoms with van der Waals surface area (Å²) in [5.41, 5.74) is -1.10. The summed E-state index contributed by atoms with van der Waals surface area (Å²) in [6.07, 6.45) is -0.833. The summed E-state index contributed by atoms with van der Waals surface area (Å²) in [6, 6.07) is 0. The molecule has 0 aromatic heterocycles. The molecule has 0 bridgehead atoms. The van der Waals surface area contributed by atoms with Crippen molar-refractivity contribution < 1.29 is 23.4 Å². The second-order valence-corrected chi connectivity index (χ2v) is 4.22. The number of aliphatic carboxylic acids is 1. The first-order valence-corrected chi connectivity index (χ1v) is 4.48. The number of alkyl halides is 2. The molecule has 0 radical (unpaired) electrons. The third-order valence-corrected chi connectivity index (χ3v) is 2.62. The number of carboxylic acids is 1. The van der Waals surface area contributed by atoms with Crippen molar-refractivity contribution in [1.29, 1.82) is 0 Å². The monoisotopic (exact) mass is 208 g/mol. The van der Waals surface area contributed by atoms with Gasteiger partial charge in [0.15, 0.2) is 0 Å². The van der Waals surface area contributed by atoms with Gasteiger partial charge < -0.3 is 9.84 Å². The molecule has 1 fully saturated rings. The highest BCUT2D eigenvalue weighted by atomic mass is 19.3. The van der Waals surface area contributed by atoms with Gasteiger partial charge in [0.2, 0.25) is 0 Å². The van der Waals surface area contributed by atoms with Crippen molar-refractivity contribution in [3.05, 3.63) is 0 Å². The molecule has 1 heterocycles. The van der Waals surface area contributed by atoms with Crippen molar-refractivity contribution >= 4 is 5.97 Å². The molecule has 0 aromatic rings. The molecule has 1 atom stereocenters. The van der Waals surface area contributed by atoms with Crippen LogP contribution in [0.4, 0.5) is 8.78 Å². The molecule has 0 spiro atoms. The first-order valence-electron chi connectivity index (χ1n) is 4.48. The van der Waals surface area contributed by atoms with E-state index in [2.05, 4.69) is 0 Å². The first kappa shape index (κ1) is 11.4. The molecule has 3 nitrogen and oxygen atoms in total. The number of rotatable bonds is 2. The fraction of sp³-hybridized carbons (Fsp3) is 0.889. The van der Waals surface area contributed by atoms with E-state index in [1.54, 1.807) is 0 Å². The fourth-order valence-electron chi connectivity index (χ4n) is 1.43. The van der Waals surface area contributed by atoms with E-state index in [9.17, 15) is 13.6 Å². The normalized spacial score (nSPS) is 27.3. The van der Waals surface area contributed by atoms with Crippen molar-refractivity contribution in [1.82, 2.24) is 0 Å². The Bertz CT molecular complexity index is 228. The maximum atomic E-state index is 12.7. The Morgan fingerprint density at radius 1 is 1.57 bits per heavy atom. The van der Waals surface area contributed by atoms with Crippen LogP contribution in [0.15, 0.2) is 0 Å². The number of hydrogen-bond donors (Lipinski definition) is 1. The lowest BCUT2D eigenvalue weighted by molar-refractivity contribution is -0.185. The smallest absolute Gasteiger partial charge is 0.311 e. The van der Waals surface area contributed by atoms with Gasteiger partial charge >= 0.3 is 5.97 Å². The zero-order valence-corrected chi connectivity index (χ0v) is 8.22. The maximum absolute atomic E-state index is 12.7. The molecule has 1 aliphatic heterocycles. The minimum absolute atomic E-state index is 0.0896. The quantitative estimate of drug-likeness (QED) is 0.754. The summed E-state index contributed by atoms with van der Waals surface area (Å²) in [7, 11) is 0. The Morgan fingerprint density at radius 3 is 2.50 bits per heavy atom. The largest absolute Gasteiger partial charge is 0.481 e. The second kappa shape index (κ2) is 3.46. The van der Waals surface area contributed by atoms with E-state index in [0.29, 0.717) is 0 Å². The SMILES string of the molecule is CC(C)(C(=O)O)C1CCC(F)(F)CO1. The summed E-state index contributed by atoms with van der Waals surface area (Å²) >= 11 is 0. The van der Waals surface area contributed by atoms with Gasteiger partial charge in [-0.2, -0.15) is 0 Å². The summed E-state index contributed by atoms with van der Waals surface area (Å²) in [6.45, 7) is 2.31. The van der Waals surface area contributed by atoms with Gasteiger partial charge in [0, 0.05) is 6.42 Å². The van der Waals surface area contributed by atoms with Crippen LogP contribution in [0.2, 0.25) is 0 Å². The topological polar surface area (TPSA) is 46.5 Å². The number of halogens is 2. The molecular formula is C9H14F2O3. The molecule has 14 heavy (non-hydrogen) atoms. The maximum Gasteiger partial charge on any atom is 0.311 e. The van der Waals surface area contributed by atoms with Crippen molar-refractivity contribution in [3.8, 4) is 0 Å². The molecule has 1 saturated heterocycles. The van der Waals surface area contributed by atoms with Gasteiger partial charge in [-0.05, 0) is 20.3 Å². The van der Waals surface area contributed by atoms with E-state index in [4.69, 9.17) is 9.84 Å². The first-order chi connectivity index (χ1) is 6.26. The molecule has 0 amide bonds. The van der Waals surface area contributed by atoms with Crippen molar-refractivity contribution in [2.24, 2.45) is 5.41 Å². The average molecular weight is 208 g/mol. The second-order valence-electron chi connectivity index (χ2n) is 4.22. The molecule has 0 aromatic carbocycles. The third-order valence-electron chi connectivity index (χ3n) is 2.62. The van der Waals surface area contributed by atoms with E-state index >= 15 is 0 Å². The number of ether oxygens (including phenoxy) is 1. The third kappa shape index (κ3) is 2.20. The molecule has 1 N–H and O–H groups in total. The number of hydrogen-bond acceptors (Lipinski definition) is 2. The summed E-state index contributed by atoms with van der Waals surface area (Å²) < 4.78 is 30.3. The van der Waals surface area contributed by atoms with Crippen LogP contribution < -0.4 is 0 Å². The van der Waals surface area contributed by atoms with Gasteiger partial charge in [-0.25, -0.2) is 8.78 Å². The average Bonchev–Trinajstić information content (AvgIpc) is 2.03. The molecule has 5 heteroatoms. The van der Waals surface area contributed by atoms with Crippen LogP contribution in [0.3, 0.4) is 0 Å². The highest BCUT2D eigenvalue weighted by molar-refractivity contribution is 5.74. The fourth-order valence-corrected chi connectivity index (χ4v) is 1.43. The van der Waals surface area contributed by atoms with Crippen LogP contribution in [0, 0.1) is 5.41 Å². The van der Waals surface area contributed by atoms with Crippen molar-refractivity contribution in [2.75, 3.05) is 6.61 Å². The van der Waals surface area contributed by atoms with Crippen molar-refractivity contribution in [2.45, 2.75) is 38.7 Å². The molecule has 0 saturated carbocycles. The van der Waals surface area contributed by atoms with Crippen molar-refractivity contribution in [3.63, 3.8) is 0 Å². The van der Waals surface area contributed by atoms with Crippen LogP contribution >= 0.6 is 0 Å². The lowest BCUT2D eigenvalue weighted by atomic mass is 9.82. The Morgan fingerprint density at radius 2 is 2.14 bits per heavy atom. The zero-order chi connectivity index (χ0) is 11.0. The lowest BCUT2D eigenvalue weighted by Gasteiger charge is -2.36.